The summed E-state index contributed by atoms with van der Waals surface area (Å²) in [7, 11) is 0. The molecular weight excluding hydrogens is 378 g/mol. The Morgan fingerprint density at radius 3 is 2.29 bits per heavy atom. The molecule has 0 fully saturated rings. The van der Waals surface area contributed by atoms with E-state index >= 15 is 0 Å². The fraction of sp³-hybridized carbons (Fsp3) is 0. The first-order valence-corrected chi connectivity index (χ1v) is 8.74. The Kier molecular flexibility index (Phi) is 6.09. The molecule has 0 unspecified atom stereocenters. The van der Waals surface area contributed by atoms with Crippen molar-refractivity contribution < 1.29 is 19.4 Å². The van der Waals surface area contributed by atoms with Gasteiger partial charge in [-0.1, -0.05) is 41.9 Å². The Morgan fingerprint density at radius 2 is 1.61 bits per heavy atom. The average molecular weight is 394 g/mol. The largest absolute Gasteiger partial charge is 0.477 e. The van der Waals surface area contributed by atoms with Crippen molar-refractivity contribution in [3.8, 4) is 11.5 Å². The lowest BCUT2D eigenvalue weighted by molar-refractivity contribution is -0.132. The zero-order valence-electron chi connectivity index (χ0n) is 14.6. The number of halogens is 1. The summed E-state index contributed by atoms with van der Waals surface area (Å²) in [6.07, 6.45) is 1.37. The number of benzene rings is 3. The van der Waals surface area contributed by atoms with E-state index in [-0.39, 0.29) is 5.70 Å². The van der Waals surface area contributed by atoms with Gasteiger partial charge in [0.05, 0.1) is 0 Å². The van der Waals surface area contributed by atoms with Crippen molar-refractivity contribution in [2.45, 2.75) is 0 Å². The number of carbonyl (C=O) groups excluding carboxylic acids is 1. The maximum atomic E-state index is 12.2. The molecule has 3 aromatic carbocycles. The molecule has 0 heterocycles. The molecule has 0 atom stereocenters. The number of amides is 1. The highest BCUT2D eigenvalue weighted by Gasteiger charge is 2.13. The van der Waals surface area contributed by atoms with Crippen LogP contribution in [0, 0.1) is 0 Å². The molecule has 3 rings (SSSR count). The van der Waals surface area contributed by atoms with E-state index in [1.165, 1.54) is 6.08 Å². The normalized spacial score (nSPS) is 11.0. The van der Waals surface area contributed by atoms with Gasteiger partial charge < -0.3 is 15.2 Å². The molecule has 2 N–H and O–H groups in total. The van der Waals surface area contributed by atoms with Crippen molar-refractivity contribution in [3.63, 3.8) is 0 Å². The third-order valence-electron chi connectivity index (χ3n) is 3.73. The lowest BCUT2D eigenvalue weighted by Crippen LogP contribution is -2.27. The number of rotatable bonds is 6. The van der Waals surface area contributed by atoms with Crippen molar-refractivity contribution in [2.75, 3.05) is 0 Å². The smallest absolute Gasteiger partial charge is 0.352 e. The van der Waals surface area contributed by atoms with Crippen LogP contribution in [0.15, 0.2) is 84.6 Å². The monoisotopic (exact) mass is 393 g/mol. The van der Waals surface area contributed by atoms with Gasteiger partial charge in [-0.2, -0.15) is 0 Å². The van der Waals surface area contributed by atoms with Crippen LogP contribution < -0.4 is 10.1 Å². The second-order valence-corrected chi connectivity index (χ2v) is 6.25. The van der Waals surface area contributed by atoms with E-state index in [0.29, 0.717) is 27.6 Å². The van der Waals surface area contributed by atoms with Crippen LogP contribution in [-0.2, 0) is 4.79 Å². The van der Waals surface area contributed by atoms with E-state index in [0.717, 1.165) is 0 Å². The van der Waals surface area contributed by atoms with Gasteiger partial charge in [-0.15, -0.1) is 0 Å². The summed E-state index contributed by atoms with van der Waals surface area (Å²) in [4.78, 5) is 23.8. The maximum Gasteiger partial charge on any atom is 0.352 e. The van der Waals surface area contributed by atoms with E-state index < -0.39 is 11.9 Å². The summed E-state index contributed by atoms with van der Waals surface area (Å²) >= 11 is 5.86. The van der Waals surface area contributed by atoms with Crippen molar-refractivity contribution >= 4 is 29.6 Å². The first-order valence-electron chi connectivity index (χ1n) is 8.36. The molecule has 0 aromatic heterocycles. The summed E-state index contributed by atoms with van der Waals surface area (Å²) in [5.74, 6) is -0.618. The van der Waals surface area contributed by atoms with Crippen molar-refractivity contribution in [2.24, 2.45) is 0 Å². The molecule has 0 aliphatic heterocycles. The molecule has 1 amide bonds. The molecule has 0 radical (unpaired) electrons. The van der Waals surface area contributed by atoms with E-state index in [4.69, 9.17) is 16.3 Å². The van der Waals surface area contributed by atoms with Gasteiger partial charge in [0.2, 0.25) is 0 Å². The molecule has 28 heavy (non-hydrogen) atoms. The van der Waals surface area contributed by atoms with Crippen LogP contribution in [0.1, 0.15) is 15.9 Å². The Balaban J connectivity index is 1.80. The van der Waals surface area contributed by atoms with E-state index in [2.05, 4.69) is 5.32 Å². The minimum atomic E-state index is -1.24. The van der Waals surface area contributed by atoms with Crippen LogP contribution in [0.5, 0.6) is 11.5 Å². The molecule has 0 bridgehead atoms. The molecule has 140 valence electrons. The fourth-order valence-electron chi connectivity index (χ4n) is 2.41. The molecule has 0 spiro atoms. The van der Waals surface area contributed by atoms with Crippen LogP contribution in [0.3, 0.4) is 0 Å². The van der Waals surface area contributed by atoms with Crippen LogP contribution >= 0.6 is 11.6 Å². The Labute approximate surface area is 166 Å². The van der Waals surface area contributed by atoms with Crippen LogP contribution in [0.4, 0.5) is 0 Å². The Bertz CT molecular complexity index is 1010. The van der Waals surface area contributed by atoms with Gasteiger partial charge in [0.1, 0.15) is 17.2 Å². The van der Waals surface area contributed by atoms with Gasteiger partial charge >= 0.3 is 5.97 Å². The summed E-state index contributed by atoms with van der Waals surface area (Å²) in [6.45, 7) is 0. The Hall–Kier alpha value is -3.57. The number of hydrogen-bond acceptors (Lipinski definition) is 3. The number of aliphatic carboxylic acids is 1. The van der Waals surface area contributed by atoms with Gasteiger partial charge in [-0.25, -0.2) is 4.79 Å². The fourth-order valence-corrected chi connectivity index (χ4v) is 2.53. The van der Waals surface area contributed by atoms with E-state index in [1.54, 1.807) is 78.9 Å². The van der Waals surface area contributed by atoms with E-state index in [9.17, 15) is 14.7 Å². The molecule has 3 aromatic rings. The van der Waals surface area contributed by atoms with Gasteiger partial charge in [0, 0.05) is 10.6 Å². The minimum absolute atomic E-state index is 0.238. The van der Waals surface area contributed by atoms with Gasteiger partial charge in [-0.05, 0) is 60.2 Å². The van der Waals surface area contributed by atoms with E-state index in [1.807, 2.05) is 0 Å². The number of hydrogen-bond donors (Lipinski definition) is 2. The molecule has 0 saturated heterocycles. The maximum absolute atomic E-state index is 12.2. The number of carboxylic acid groups (broad SMARTS) is 1. The summed E-state index contributed by atoms with van der Waals surface area (Å²) in [6, 6.07) is 22.1. The first kappa shape index (κ1) is 19.2. The highest BCUT2D eigenvalue weighted by Crippen LogP contribution is 2.24. The average Bonchev–Trinajstić information content (AvgIpc) is 2.70. The zero-order chi connectivity index (χ0) is 19.9. The Morgan fingerprint density at radius 1 is 0.893 bits per heavy atom. The third-order valence-corrected chi connectivity index (χ3v) is 3.98. The predicted octanol–water partition coefficient (Wildman–Crippen LogP) is 4.99. The quantitative estimate of drug-likeness (QED) is 0.578. The van der Waals surface area contributed by atoms with Crippen LogP contribution in [-0.4, -0.2) is 17.0 Å². The zero-order valence-corrected chi connectivity index (χ0v) is 15.4. The topological polar surface area (TPSA) is 75.6 Å². The second kappa shape index (κ2) is 8.88. The van der Waals surface area contributed by atoms with Gasteiger partial charge in [-0.3, -0.25) is 4.79 Å². The lowest BCUT2D eigenvalue weighted by atomic mass is 10.1. The lowest BCUT2D eigenvalue weighted by Gasteiger charge is -2.08. The molecule has 5 nitrogen and oxygen atoms in total. The summed E-state index contributed by atoms with van der Waals surface area (Å²) in [5.41, 5.74) is 0.698. The standard InChI is InChI=1S/C22H16ClNO4/c23-17-9-11-18(12-10-17)28-19-8-4-5-15(13-19)14-20(22(26)27)24-21(25)16-6-2-1-3-7-16/h1-14H,(H,24,25)(H,26,27). The van der Waals surface area contributed by atoms with Crippen molar-refractivity contribution in [1.82, 2.24) is 5.32 Å². The second-order valence-electron chi connectivity index (χ2n) is 5.81. The first-order chi connectivity index (χ1) is 13.5. The molecule has 0 saturated carbocycles. The van der Waals surface area contributed by atoms with Crippen LogP contribution in [0.2, 0.25) is 5.02 Å². The van der Waals surface area contributed by atoms with Crippen LogP contribution in [0.25, 0.3) is 6.08 Å². The molecule has 6 heteroatoms. The number of nitrogens with one attached hydrogen (secondary N) is 1. The van der Waals surface area contributed by atoms with Crippen molar-refractivity contribution in [3.05, 3.63) is 101 Å². The predicted molar refractivity (Wildman–Crippen MR) is 107 cm³/mol. The number of carboxylic acids is 1. The van der Waals surface area contributed by atoms with Gasteiger partial charge in [0.15, 0.2) is 0 Å². The summed E-state index contributed by atoms with van der Waals surface area (Å²) in [5, 5.41) is 12.5. The molecular formula is C22H16ClNO4. The number of ether oxygens (including phenoxy) is 1. The third kappa shape index (κ3) is 5.22. The molecule has 0 aliphatic rings. The van der Waals surface area contributed by atoms with Gasteiger partial charge in [0.25, 0.3) is 5.91 Å². The SMILES string of the molecule is O=C(O)C(=Cc1cccc(Oc2ccc(Cl)cc2)c1)NC(=O)c1ccccc1. The minimum Gasteiger partial charge on any atom is -0.477 e. The van der Waals surface area contributed by atoms with Crippen molar-refractivity contribution in [1.29, 1.82) is 0 Å². The highest BCUT2D eigenvalue weighted by atomic mass is 35.5. The highest BCUT2D eigenvalue weighted by molar-refractivity contribution is 6.30. The summed E-state index contributed by atoms with van der Waals surface area (Å²) < 4.78 is 5.74. The molecule has 0 aliphatic carbocycles. The number of carbonyl (C=O) groups is 2.